The van der Waals surface area contributed by atoms with Gasteiger partial charge in [0.1, 0.15) is 0 Å². The zero-order valence-electron chi connectivity index (χ0n) is 9.01. The molecule has 4 heteroatoms. The molecule has 0 aliphatic heterocycles. The Morgan fingerprint density at radius 1 is 1.50 bits per heavy atom. The summed E-state index contributed by atoms with van der Waals surface area (Å²) in [7, 11) is 0. The molecule has 2 N–H and O–H groups in total. The zero-order chi connectivity index (χ0) is 11.8. The number of carboxylic acids is 1. The molecule has 0 bridgehead atoms. The highest BCUT2D eigenvalue weighted by Crippen LogP contribution is 2.44. The molecular formula is C12H14O3S. The van der Waals surface area contributed by atoms with Gasteiger partial charge in [0, 0.05) is 4.90 Å². The number of aliphatic carboxylic acids is 1. The topological polar surface area (TPSA) is 57.5 Å². The second kappa shape index (κ2) is 4.11. The number of aliphatic hydroxyl groups is 1. The first-order valence-corrected chi connectivity index (χ1v) is 6.37. The normalized spacial score (nSPS) is 28.5. The van der Waals surface area contributed by atoms with Crippen LogP contribution in [0.3, 0.4) is 0 Å². The average Bonchev–Trinajstić information content (AvgIpc) is 2.24. The summed E-state index contributed by atoms with van der Waals surface area (Å²) >= 11 is 1.59. The highest BCUT2D eigenvalue weighted by molar-refractivity contribution is 7.98. The smallest absolute Gasteiger partial charge is 0.314 e. The minimum absolute atomic E-state index is 0.320. The minimum Gasteiger partial charge on any atom is -0.481 e. The molecule has 1 aromatic rings. The van der Waals surface area contributed by atoms with E-state index in [1.54, 1.807) is 11.8 Å². The monoisotopic (exact) mass is 238 g/mol. The van der Waals surface area contributed by atoms with E-state index in [0.717, 1.165) is 10.5 Å². The maximum absolute atomic E-state index is 11.3. The van der Waals surface area contributed by atoms with Crippen LogP contribution >= 0.6 is 11.8 Å². The summed E-state index contributed by atoms with van der Waals surface area (Å²) in [6.07, 6.45) is 2.12. The van der Waals surface area contributed by atoms with Gasteiger partial charge in [-0.1, -0.05) is 12.1 Å². The van der Waals surface area contributed by atoms with E-state index in [1.807, 2.05) is 30.5 Å². The Bertz CT molecular complexity index is 410. The van der Waals surface area contributed by atoms with E-state index in [0.29, 0.717) is 12.8 Å². The number of thioether (sulfide) groups is 1. The molecule has 86 valence electrons. The molecule has 0 amide bonds. The van der Waals surface area contributed by atoms with Gasteiger partial charge in [-0.15, -0.1) is 11.8 Å². The molecule has 0 heterocycles. The Balaban J connectivity index is 2.37. The molecule has 3 nitrogen and oxygen atoms in total. The number of carbonyl (C=O) groups is 1. The van der Waals surface area contributed by atoms with E-state index < -0.39 is 17.5 Å². The molecule has 2 rings (SSSR count). The molecule has 16 heavy (non-hydrogen) atoms. The van der Waals surface area contributed by atoms with Crippen molar-refractivity contribution in [2.75, 3.05) is 6.26 Å². The molecule has 0 radical (unpaired) electrons. The van der Waals surface area contributed by atoms with Gasteiger partial charge in [0.25, 0.3) is 0 Å². The van der Waals surface area contributed by atoms with E-state index >= 15 is 0 Å². The fourth-order valence-corrected chi connectivity index (χ4v) is 2.66. The van der Waals surface area contributed by atoms with Crippen LogP contribution in [0.1, 0.15) is 18.4 Å². The Hall–Kier alpha value is -1.00. The predicted octanol–water partition coefficient (Wildman–Crippen LogP) is 1.89. The van der Waals surface area contributed by atoms with Crippen LogP contribution < -0.4 is 0 Å². The molecule has 1 fully saturated rings. The third-order valence-corrected chi connectivity index (χ3v) is 3.93. The van der Waals surface area contributed by atoms with E-state index in [-0.39, 0.29) is 0 Å². The Kier molecular flexibility index (Phi) is 2.95. The summed E-state index contributed by atoms with van der Waals surface area (Å²) in [6.45, 7) is 0. The lowest BCUT2D eigenvalue weighted by molar-refractivity contribution is -0.152. The van der Waals surface area contributed by atoms with Crippen molar-refractivity contribution in [2.24, 2.45) is 0 Å². The van der Waals surface area contributed by atoms with Gasteiger partial charge in [-0.2, -0.15) is 0 Å². The SMILES string of the molecule is CSc1cccc(C2(C(=O)O)CC(O)C2)c1. The van der Waals surface area contributed by atoms with E-state index in [4.69, 9.17) is 0 Å². The number of hydrogen-bond donors (Lipinski definition) is 2. The third-order valence-electron chi connectivity index (χ3n) is 3.20. The molecule has 0 spiro atoms. The average molecular weight is 238 g/mol. The molecular weight excluding hydrogens is 224 g/mol. The number of aliphatic hydroxyl groups excluding tert-OH is 1. The number of hydrogen-bond acceptors (Lipinski definition) is 3. The molecule has 0 atom stereocenters. The highest BCUT2D eigenvalue weighted by atomic mass is 32.2. The molecule has 1 aliphatic carbocycles. The fourth-order valence-electron chi connectivity index (χ4n) is 2.20. The van der Waals surface area contributed by atoms with Gasteiger partial charge in [-0.3, -0.25) is 4.79 Å². The predicted molar refractivity (Wildman–Crippen MR) is 62.8 cm³/mol. The Morgan fingerprint density at radius 3 is 2.69 bits per heavy atom. The summed E-state index contributed by atoms with van der Waals surface area (Å²) in [6, 6.07) is 7.57. The van der Waals surface area contributed by atoms with Crippen LogP contribution in [0.15, 0.2) is 29.2 Å². The van der Waals surface area contributed by atoms with Gasteiger partial charge in [0.2, 0.25) is 0 Å². The number of rotatable bonds is 3. The quantitative estimate of drug-likeness (QED) is 0.789. The van der Waals surface area contributed by atoms with Crippen molar-refractivity contribution < 1.29 is 15.0 Å². The van der Waals surface area contributed by atoms with Crippen LogP contribution in [0.25, 0.3) is 0 Å². The lowest BCUT2D eigenvalue weighted by Gasteiger charge is -2.42. The van der Waals surface area contributed by atoms with Crippen LogP contribution in [-0.2, 0) is 10.2 Å². The van der Waals surface area contributed by atoms with Crippen molar-refractivity contribution in [1.29, 1.82) is 0 Å². The van der Waals surface area contributed by atoms with Crippen molar-refractivity contribution in [1.82, 2.24) is 0 Å². The fraction of sp³-hybridized carbons (Fsp3) is 0.417. The van der Waals surface area contributed by atoms with Gasteiger partial charge in [-0.25, -0.2) is 0 Å². The maximum Gasteiger partial charge on any atom is 0.314 e. The lowest BCUT2D eigenvalue weighted by Crippen LogP contribution is -2.50. The van der Waals surface area contributed by atoms with Crippen molar-refractivity contribution in [3.05, 3.63) is 29.8 Å². The van der Waals surface area contributed by atoms with Crippen molar-refractivity contribution in [3.8, 4) is 0 Å². The van der Waals surface area contributed by atoms with Crippen LogP contribution in [-0.4, -0.2) is 28.5 Å². The lowest BCUT2D eigenvalue weighted by atomic mass is 9.63. The van der Waals surface area contributed by atoms with Crippen molar-refractivity contribution in [2.45, 2.75) is 29.3 Å². The minimum atomic E-state index is -0.870. The largest absolute Gasteiger partial charge is 0.481 e. The second-order valence-corrected chi connectivity index (χ2v) is 5.06. The zero-order valence-corrected chi connectivity index (χ0v) is 9.83. The second-order valence-electron chi connectivity index (χ2n) is 4.18. The van der Waals surface area contributed by atoms with Gasteiger partial charge in [-0.05, 0) is 36.8 Å². The van der Waals surface area contributed by atoms with Gasteiger partial charge >= 0.3 is 5.97 Å². The Morgan fingerprint density at radius 2 is 2.19 bits per heavy atom. The first kappa shape index (κ1) is 11.5. The van der Waals surface area contributed by atoms with Crippen LogP contribution in [0.4, 0.5) is 0 Å². The molecule has 0 unspecified atom stereocenters. The number of carboxylic acid groups (broad SMARTS) is 1. The van der Waals surface area contributed by atoms with E-state index in [2.05, 4.69) is 0 Å². The summed E-state index contributed by atoms with van der Waals surface area (Å²) in [5.74, 6) is -0.837. The van der Waals surface area contributed by atoms with Gasteiger partial charge < -0.3 is 10.2 Å². The van der Waals surface area contributed by atoms with Crippen molar-refractivity contribution in [3.63, 3.8) is 0 Å². The first-order chi connectivity index (χ1) is 7.58. The Labute approximate surface area is 98.5 Å². The molecule has 1 saturated carbocycles. The summed E-state index contributed by atoms with van der Waals surface area (Å²) < 4.78 is 0. The first-order valence-electron chi connectivity index (χ1n) is 5.14. The van der Waals surface area contributed by atoms with E-state index in [9.17, 15) is 15.0 Å². The maximum atomic E-state index is 11.3. The molecule has 0 aromatic heterocycles. The summed E-state index contributed by atoms with van der Waals surface area (Å²) in [5.41, 5.74) is -0.0670. The van der Waals surface area contributed by atoms with Crippen LogP contribution in [0.5, 0.6) is 0 Å². The summed E-state index contributed by atoms with van der Waals surface area (Å²) in [4.78, 5) is 12.4. The molecule has 1 aliphatic rings. The molecule has 1 aromatic carbocycles. The van der Waals surface area contributed by atoms with Gasteiger partial charge in [0.15, 0.2) is 0 Å². The highest BCUT2D eigenvalue weighted by Gasteiger charge is 2.51. The number of benzene rings is 1. The van der Waals surface area contributed by atoms with Crippen LogP contribution in [0, 0.1) is 0 Å². The van der Waals surface area contributed by atoms with Crippen molar-refractivity contribution >= 4 is 17.7 Å². The van der Waals surface area contributed by atoms with Crippen LogP contribution in [0.2, 0.25) is 0 Å². The third kappa shape index (κ3) is 1.72. The van der Waals surface area contributed by atoms with E-state index in [1.165, 1.54) is 0 Å². The summed E-state index contributed by atoms with van der Waals surface area (Å²) in [5, 5.41) is 18.7. The standard InChI is InChI=1S/C12H14O3S/c1-16-10-4-2-3-8(5-10)12(11(14)15)6-9(13)7-12/h2-5,9,13H,6-7H2,1H3,(H,14,15). The van der Waals surface area contributed by atoms with Gasteiger partial charge in [0.05, 0.1) is 11.5 Å². The molecule has 0 saturated heterocycles.